The Kier molecular flexibility index (Phi) is 2.79. The lowest BCUT2D eigenvalue weighted by molar-refractivity contribution is 1.24. The fraction of sp³-hybridized carbons (Fsp3) is 0.0833. The molecule has 1 N–H and O–H groups in total. The molecule has 0 aliphatic heterocycles. The molecule has 0 radical (unpaired) electrons. The molecule has 0 amide bonds. The van der Waals surface area contributed by atoms with Crippen LogP contribution >= 0.6 is 0 Å². The second-order valence-electron chi connectivity index (χ2n) is 3.36. The van der Waals surface area contributed by atoms with Gasteiger partial charge in [0.05, 0.1) is 23.5 Å². The van der Waals surface area contributed by atoms with Crippen LogP contribution in [0.1, 0.15) is 11.1 Å². The van der Waals surface area contributed by atoms with Crippen molar-refractivity contribution in [2.45, 2.75) is 6.92 Å². The van der Waals surface area contributed by atoms with E-state index in [4.69, 9.17) is 5.26 Å². The first-order chi connectivity index (χ1) is 7.79. The summed E-state index contributed by atoms with van der Waals surface area (Å²) in [6.07, 6.45) is 5.07. The predicted molar refractivity (Wildman–Crippen MR) is 61.2 cm³/mol. The third kappa shape index (κ3) is 2.15. The lowest BCUT2D eigenvalue weighted by Crippen LogP contribution is -1.96. The smallest absolute Gasteiger partial charge is 0.131 e. The third-order valence-corrected chi connectivity index (χ3v) is 2.19. The molecule has 2 aromatic rings. The molecule has 78 valence electrons. The van der Waals surface area contributed by atoms with Crippen LogP contribution in [0.4, 0.5) is 11.5 Å². The Balaban J connectivity index is 2.28. The minimum absolute atomic E-state index is 0.582. The van der Waals surface area contributed by atoms with Crippen molar-refractivity contribution in [2.75, 3.05) is 5.32 Å². The van der Waals surface area contributed by atoms with Crippen molar-refractivity contribution in [3.63, 3.8) is 0 Å². The molecule has 0 atom stereocenters. The van der Waals surface area contributed by atoms with Crippen molar-refractivity contribution in [3.8, 4) is 6.07 Å². The largest absolute Gasteiger partial charge is 0.339 e. The van der Waals surface area contributed by atoms with E-state index in [0.29, 0.717) is 11.4 Å². The molecule has 2 heterocycles. The molecule has 0 saturated heterocycles. The van der Waals surface area contributed by atoms with Gasteiger partial charge in [0.2, 0.25) is 0 Å². The van der Waals surface area contributed by atoms with E-state index in [0.717, 1.165) is 11.3 Å². The van der Waals surface area contributed by atoms with Gasteiger partial charge in [0.25, 0.3) is 0 Å². The molecule has 0 unspecified atom stereocenters. The van der Waals surface area contributed by atoms with Gasteiger partial charge in [0, 0.05) is 12.4 Å². The molecule has 0 spiro atoms. The van der Waals surface area contributed by atoms with E-state index >= 15 is 0 Å². The maximum absolute atomic E-state index is 8.76. The number of anilines is 2. The van der Waals surface area contributed by atoms with Crippen LogP contribution in [0.25, 0.3) is 0 Å². The van der Waals surface area contributed by atoms with Crippen LogP contribution in [0.2, 0.25) is 0 Å². The summed E-state index contributed by atoms with van der Waals surface area (Å²) in [6.45, 7) is 1.98. The van der Waals surface area contributed by atoms with Gasteiger partial charge in [-0.2, -0.15) is 5.26 Å². The van der Waals surface area contributed by atoms with Crippen molar-refractivity contribution in [1.82, 2.24) is 9.97 Å². The SMILES string of the molecule is Cc1ccncc1Nc1cc(C#N)ccn1. The fourth-order valence-corrected chi connectivity index (χ4v) is 1.30. The fourth-order valence-electron chi connectivity index (χ4n) is 1.30. The lowest BCUT2D eigenvalue weighted by atomic mass is 10.2. The van der Waals surface area contributed by atoms with E-state index in [-0.39, 0.29) is 0 Å². The van der Waals surface area contributed by atoms with Gasteiger partial charge in [-0.3, -0.25) is 4.98 Å². The van der Waals surface area contributed by atoms with E-state index < -0.39 is 0 Å². The van der Waals surface area contributed by atoms with Gasteiger partial charge in [-0.1, -0.05) is 0 Å². The van der Waals surface area contributed by atoms with E-state index in [1.54, 1.807) is 30.7 Å². The topological polar surface area (TPSA) is 61.6 Å². The zero-order valence-corrected chi connectivity index (χ0v) is 8.81. The van der Waals surface area contributed by atoms with Gasteiger partial charge >= 0.3 is 0 Å². The minimum Gasteiger partial charge on any atom is -0.339 e. The number of hydrogen-bond donors (Lipinski definition) is 1. The number of aromatic nitrogens is 2. The van der Waals surface area contributed by atoms with Crippen LogP contribution < -0.4 is 5.32 Å². The Morgan fingerprint density at radius 2 is 2.19 bits per heavy atom. The van der Waals surface area contributed by atoms with E-state index in [1.165, 1.54) is 0 Å². The number of hydrogen-bond acceptors (Lipinski definition) is 4. The Morgan fingerprint density at radius 3 is 2.94 bits per heavy atom. The van der Waals surface area contributed by atoms with Crippen LogP contribution in [-0.4, -0.2) is 9.97 Å². The van der Waals surface area contributed by atoms with Crippen molar-refractivity contribution in [2.24, 2.45) is 0 Å². The molecule has 0 fully saturated rings. The first kappa shape index (κ1) is 10.1. The quantitative estimate of drug-likeness (QED) is 0.826. The summed E-state index contributed by atoms with van der Waals surface area (Å²) >= 11 is 0. The molecular weight excluding hydrogens is 200 g/mol. The maximum Gasteiger partial charge on any atom is 0.131 e. The molecule has 0 saturated carbocycles. The summed E-state index contributed by atoms with van der Waals surface area (Å²) in [5, 5.41) is 11.9. The van der Waals surface area contributed by atoms with Crippen molar-refractivity contribution < 1.29 is 0 Å². The van der Waals surface area contributed by atoms with Crippen molar-refractivity contribution in [1.29, 1.82) is 5.26 Å². The average molecular weight is 210 g/mol. The normalized spacial score (nSPS) is 9.50. The van der Waals surface area contributed by atoms with Crippen LogP contribution in [-0.2, 0) is 0 Å². The first-order valence-electron chi connectivity index (χ1n) is 4.83. The van der Waals surface area contributed by atoms with E-state index in [2.05, 4.69) is 21.4 Å². The number of pyridine rings is 2. The second-order valence-corrected chi connectivity index (χ2v) is 3.36. The van der Waals surface area contributed by atoms with Crippen molar-refractivity contribution in [3.05, 3.63) is 47.9 Å². The Hall–Kier alpha value is -2.41. The summed E-state index contributed by atoms with van der Waals surface area (Å²) in [7, 11) is 0. The average Bonchev–Trinajstić information content (AvgIpc) is 2.32. The standard InChI is InChI=1S/C12H10N4/c1-9-2-4-14-8-11(9)16-12-6-10(7-13)3-5-15-12/h2-6,8H,1H3,(H,15,16). The molecule has 0 aliphatic rings. The molecule has 4 nitrogen and oxygen atoms in total. The van der Waals surface area contributed by atoms with Crippen LogP contribution in [0.3, 0.4) is 0 Å². The van der Waals surface area contributed by atoms with E-state index in [9.17, 15) is 0 Å². The molecule has 16 heavy (non-hydrogen) atoms. The lowest BCUT2D eigenvalue weighted by Gasteiger charge is -2.07. The highest BCUT2D eigenvalue weighted by molar-refractivity contribution is 5.59. The predicted octanol–water partition coefficient (Wildman–Crippen LogP) is 2.40. The molecule has 0 aliphatic carbocycles. The van der Waals surface area contributed by atoms with Crippen LogP contribution in [0.15, 0.2) is 36.8 Å². The minimum atomic E-state index is 0.582. The van der Waals surface area contributed by atoms with Gasteiger partial charge in [0.15, 0.2) is 0 Å². The summed E-state index contributed by atoms with van der Waals surface area (Å²) in [5.41, 5.74) is 2.56. The number of rotatable bonds is 2. The number of nitrogens with one attached hydrogen (secondary N) is 1. The molecule has 4 heteroatoms. The Bertz CT molecular complexity index is 543. The van der Waals surface area contributed by atoms with Crippen LogP contribution in [0.5, 0.6) is 0 Å². The molecular formula is C12H10N4. The van der Waals surface area contributed by atoms with E-state index in [1.807, 2.05) is 13.0 Å². The zero-order chi connectivity index (χ0) is 11.4. The monoisotopic (exact) mass is 210 g/mol. The summed E-state index contributed by atoms with van der Waals surface area (Å²) in [5.74, 6) is 0.648. The Labute approximate surface area is 93.6 Å². The third-order valence-electron chi connectivity index (χ3n) is 2.19. The maximum atomic E-state index is 8.76. The molecule has 0 bridgehead atoms. The highest BCUT2D eigenvalue weighted by atomic mass is 15.0. The highest BCUT2D eigenvalue weighted by Crippen LogP contribution is 2.17. The number of nitriles is 1. The van der Waals surface area contributed by atoms with Gasteiger partial charge < -0.3 is 5.32 Å². The van der Waals surface area contributed by atoms with Gasteiger partial charge in [0.1, 0.15) is 5.82 Å². The number of nitrogens with zero attached hydrogens (tertiary/aromatic N) is 3. The molecule has 0 aromatic carbocycles. The van der Waals surface area contributed by atoms with Gasteiger partial charge in [-0.05, 0) is 30.7 Å². The van der Waals surface area contributed by atoms with Gasteiger partial charge in [-0.15, -0.1) is 0 Å². The zero-order valence-electron chi connectivity index (χ0n) is 8.81. The second kappa shape index (κ2) is 4.41. The van der Waals surface area contributed by atoms with Gasteiger partial charge in [-0.25, -0.2) is 4.98 Å². The number of aryl methyl sites for hydroxylation is 1. The summed E-state index contributed by atoms with van der Waals surface area (Å²) in [4.78, 5) is 8.16. The Morgan fingerprint density at radius 1 is 1.31 bits per heavy atom. The summed E-state index contributed by atoms with van der Waals surface area (Å²) in [6, 6.07) is 7.35. The molecule has 2 rings (SSSR count). The highest BCUT2D eigenvalue weighted by Gasteiger charge is 2.00. The van der Waals surface area contributed by atoms with Crippen molar-refractivity contribution >= 4 is 11.5 Å². The summed E-state index contributed by atoms with van der Waals surface area (Å²) < 4.78 is 0. The molecule has 2 aromatic heterocycles. The van der Waals surface area contributed by atoms with Crippen LogP contribution in [0, 0.1) is 18.3 Å². The first-order valence-corrected chi connectivity index (χ1v) is 4.83.